The van der Waals surface area contributed by atoms with Gasteiger partial charge in [-0.05, 0) is 37.1 Å². The highest BCUT2D eigenvalue weighted by Crippen LogP contribution is 2.36. The molecule has 4 rings (SSSR count). The molecule has 0 bridgehead atoms. The highest BCUT2D eigenvalue weighted by molar-refractivity contribution is 8.00. The van der Waals surface area contributed by atoms with Gasteiger partial charge in [0.25, 0.3) is 0 Å². The van der Waals surface area contributed by atoms with E-state index >= 15 is 0 Å². The lowest BCUT2D eigenvalue weighted by Gasteiger charge is -2.21. The van der Waals surface area contributed by atoms with Gasteiger partial charge in [0.05, 0.1) is 22.0 Å². The molecule has 0 spiro atoms. The fourth-order valence-electron chi connectivity index (χ4n) is 3.36. The molecule has 0 fully saturated rings. The third-order valence-corrected chi connectivity index (χ3v) is 6.33. The van der Waals surface area contributed by atoms with Crippen molar-refractivity contribution in [3.8, 4) is 0 Å². The quantitative estimate of drug-likeness (QED) is 0.321. The van der Waals surface area contributed by atoms with Crippen molar-refractivity contribution in [3.63, 3.8) is 0 Å². The maximum atomic E-state index is 13.3. The van der Waals surface area contributed by atoms with Crippen LogP contribution in [0.2, 0.25) is 0 Å². The first-order valence-corrected chi connectivity index (χ1v) is 10.8. The molecule has 0 radical (unpaired) electrons. The number of anilines is 1. The van der Waals surface area contributed by atoms with E-state index in [1.54, 1.807) is 11.4 Å². The zero-order valence-electron chi connectivity index (χ0n) is 17.5. The minimum atomic E-state index is -4.57. The summed E-state index contributed by atoms with van der Waals surface area (Å²) in [5, 5.41) is 7.42. The topological polar surface area (TPSA) is 72.2 Å². The molecule has 4 aromatic rings. The van der Waals surface area contributed by atoms with Crippen molar-refractivity contribution in [1.82, 2.24) is 19.6 Å². The summed E-state index contributed by atoms with van der Waals surface area (Å²) in [6.45, 7) is 5.42. The molecule has 2 aromatic heterocycles. The molecule has 0 aliphatic carbocycles. The molecule has 166 valence electrons. The molecule has 1 N–H and O–H groups in total. The Kier molecular flexibility index (Phi) is 5.81. The van der Waals surface area contributed by atoms with Crippen molar-refractivity contribution in [2.75, 3.05) is 5.32 Å². The van der Waals surface area contributed by atoms with Gasteiger partial charge in [0.15, 0.2) is 10.8 Å². The van der Waals surface area contributed by atoms with Crippen LogP contribution in [0.4, 0.5) is 18.9 Å². The van der Waals surface area contributed by atoms with Gasteiger partial charge in [-0.25, -0.2) is 9.97 Å². The van der Waals surface area contributed by atoms with Crippen LogP contribution in [-0.2, 0) is 11.0 Å². The van der Waals surface area contributed by atoms with E-state index in [-0.39, 0.29) is 11.6 Å². The Balaban J connectivity index is 1.71. The van der Waals surface area contributed by atoms with Crippen LogP contribution in [-0.4, -0.2) is 30.7 Å². The van der Waals surface area contributed by atoms with Crippen LogP contribution in [0.25, 0.3) is 16.6 Å². The number of para-hydroxylation sites is 2. The third-order valence-electron chi connectivity index (χ3n) is 4.84. The van der Waals surface area contributed by atoms with Crippen molar-refractivity contribution in [2.24, 2.45) is 5.92 Å². The Morgan fingerprint density at radius 1 is 1.06 bits per heavy atom. The van der Waals surface area contributed by atoms with E-state index in [1.165, 1.54) is 18.2 Å². The minimum absolute atomic E-state index is 0.189. The normalized spacial score (nSPS) is 13.1. The summed E-state index contributed by atoms with van der Waals surface area (Å²) in [5.74, 6) is -0.178. The number of fused-ring (bicyclic) bond motifs is 3. The van der Waals surface area contributed by atoms with Crippen LogP contribution in [0.3, 0.4) is 0 Å². The smallest absolute Gasteiger partial charge is 0.325 e. The van der Waals surface area contributed by atoms with E-state index in [9.17, 15) is 18.0 Å². The predicted molar refractivity (Wildman–Crippen MR) is 118 cm³/mol. The second-order valence-electron chi connectivity index (χ2n) is 7.62. The van der Waals surface area contributed by atoms with Gasteiger partial charge in [0.2, 0.25) is 5.91 Å². The molecule has 2 aromatic carbocycles. The molecule has 1 unspecified atom stereocenters. The van der Waals surface area contributed by atoms with Gasteiger partial charge in [-0.15, -0.1) is 5.10 Å². The van der Waals surface area contributed by atoms with Gasteiger partial charge in [-0.2, -0.15) is 17.7 Å². The van der Waals surface area contributed by atoms with Crippen molar-refractivity contribution in [1.29, 1.82) is 0 Å². The lowest BCUT2D eigenvalue weighted by molar-refractivity contribution is -0.137. The first-order chi connectivity index (χ1) is 15.1. The second-order valence-corrected chi connectivity index (χ2v) is 8.73. The van der Waals surface area contributed by atoms with Crippen LogP contribution >= 0.6 is 11.8 Å². The summed E-state index contributed by atoms with van der Waals surface area (Å²) in [6, 6.07) is 12.4. The average Bonchev–Trinajstić information content (AvgIpc) is 3.13. The molecule has 0 saturated heterocycles. The van der Waals surface area contributed by atoms with E-state index < -0.39 is 22.9 Å². The van der Waals surface area contributed by atoms with Gasteiger partial charge in [0.1, 0.15) is 5.82 Å². The largest absolute Gasteiger partial charge is 0.418 e. The number of nitrogens with zero attached hydrogens (tertiary/aromatic N) is 4. The number of halogens is 3. The first kappa shape index (κ1) is 22.1. The molecule has 0 aliphatic heterocycles. The number of carbonyl (C=O) groups excluding carboxylic acids is 1. The van der Waals surface area contributed by atoms with Crippen LogP contribution in [0, 0.1) is 12.8 Å². The monoisotopic (exact) mass is 459 g/mol. The summed E-state index contributed by atoms with van der Waals surface area (Å²) in [7, 11) is 0. The molecule has 0 aliphatic rings. The number of thioether (sulfide) groups is 1. The lowest BCUT2D eigenvalue weighted by atomic mass is 10.1. The summed E-state index contributed by atoms with van der Waals surface area (Å²) in [4.78, 5) is 22.2. The number of amides is 1. The van der Waals surface area contributed by atoms with Gasteiger partial charge in [0, 0.05) is 5.39 Å². The molecule has 1 amide bonds. The molecular formula is C22H20F3N5OS. The Morgan fingerprint density at radius 3 is 2.47 bits per heavy atom. The zero-order valence-corrected chi connectivity index (χ0v) is 18.3. The van der Waals surface area contributed by atoms with Gasteiger partial charge < -0.3 is 5.32 Å². The second kappa shape index (κ2) is 8.42. The molecule has 32 heavy (non-hydrogen) atoms. The van der Waals surface area contributed by atoms with Crippen molar-refractivity contribution in [3.05, 3.63) is 59.9 Å². The maximum Gasteiger partial charge on any atom is 0.418 e. The van der Waals surface area contributed by atoms with E-state index in [0.717, 1.165) is 23.2 Å². The van der Waals surface area contributed by atoms with Crippen molar-refractivity contribution < 1.29 is 18.0 Å². The van der Waals surface area contributed by atoms with E-state index in [1.807, 2.05) is 38.1 Å². The number of rotatable bonds is 5. The van der Waals surface area contributed by atoms with Crippen molar-refractivity contribution in [2.45, 2.75) is 37.4 Å². The minimum Gasteiger partial charge on any atom is -0.325 e. The van der Waals surface area contributed by atoms with Gasteiger partial charge in [-0.3, -0.25) is 4.79 Å². The van der Waals surface area contributed by atoms with E-state index in [0.29, 0.717) is 22.1 Å². The number of benzene rings is 2. The number of aryl methyl sites for hydroxylation is 1. The Bertz CT molecular complexity index is 1300. The summed E-state index contributed by atoms with van der Waals surface area (Å²) < 4.78 is 41.6. The molecular weight excluding hydrogens is 439 g/mol. The Hall–Kier alpha value is -3.14. The Morgan fingerprint density at radius 2 is 1.75 bits per heavy atom. The molecule has 1 atom stereocenters. The van der Waals surface area contributed by atoms with E-state index in [2.05, 4.69) is 20.4 Å². The maximum absolute atomic E-state index is 13.3. The summed E-state index contributed by atoms with van der Waals surface area (Å²) in [5.41, 5.74) is 0.143. The Labute approximate surface area is 186 Å². The molecule has 6 nitrogen and oxygen atoms in total. The molecule has 10 heteroatoms. The van der Waals surface area contributed by atoms with E-state index in [4.69, 9.17) is 0 Å². The number of alkyl halides is 3. The summed E-state index contributed by atoms with van der Waals surface area (Å²) >= 11 is 1.15. The number of hydrogen-bond donors (Lipinski definition) is 1. The number of aromatic nitrogens is 4. The predicted octanol–water partition coefficient (Wildman–Crippen LogP) is 5.36. The van der Waals surface area contributed by atoms with Gasteiger partial charge >= 0.3 is 6.18 Å². The van der Waals surface area contributed by atoms with Crippen LogP contribution in [0.15, 0.2) is 53.7 Å². The average molecular weight is 459 g/mol. The fourth-order valence-corrected chi connectivity index (χ4v) is 4.40. The summed E-state index contributed by atoms with van der Waals surface area (Å²) in [6.07, 6.45) is -4.57. The SMILES string of the molecule is Cc1nc2c3ccccc3nc(SC(C(=O)Nc3ccccc3C(F)(F)F)C(C)C)n2n1. The standard InChI is InChI=1S/C22H20F3N5OS/c1-12(2)18(20(31)27-17-11-7-5-9-15(17)22(23,24)25)32-21-28-16-10-6-4-8-14(16)19-26-13(3)29-30(19)21/h4-12,18H,1-3H3,(H,27,31). The van der Waals surface area contributed by atoms with Crippen molar-refractivity contribution >= 4 is 39.9 Å². The van der Waals surface area contributed by atoms with Crippen LogP contribution < -0.4 is 5.32 Å². The molecule has 0 saturated carbocycles. The highest BCUT2D eigenvalue weighted by atomic mass is 32.2. The molecule has 2 heterocycles. The number of nitrogens with one attached hydrogen (secondary N) is 1. The third kappa shape index (κ3) is 4.27. The first-order valence-electron chi connectivity index (χ1n) is 9.91. The number of hydrogen-bond acceptors (Lipinski definition) is 5. The highest BCUT2D eigenvalue weighted by Gasteiger charge is 2.35. The number of carbonyl (C=O) groups is 1. The van der Waals surface area contributed by atoms with Crippen LogP contribution in [0.5, 0.6) is 0 Å². The lowest BCUT2D eigenvalue weighted by Crippen LogP contribution is -2.31. The fraction of sp³-hybridized carbons (Fsp3) is 0.273. The van der Waals surface area contributed by atoms with Crippen LogP contribution in [0.1, 0.15) is 25.2 Å². The zero-order chi connectivity index (χ0) is 23.0. The van der Waals surface area contributed by atoms with Gasteiger partial charge in [-0.1, -0.05) is 49.9 Å².